The molecule has 0 saturated heterocycles. The lowest BCUT2D eigenvalue weighted by Crippen LogP contribution is -2.62. The third-order valence-corrected chi connectivity index (χ3v) is 13.5. The zero-order chi connectivity index (χ0) is 29.0. The number of aliphatic hydroxyl groups is 2. The van der Waals surface area contributed by atoms with E-state index in [1.165, 1.54) is 7.11 Å². The molecule has 4 saturated carbocycles. The van der Waals surface area contributed by atoms with Crippen LogP contribution < -0.4 is 0 Å². The minimum Gasteiger partial charge on any atom is -0.469 e. The molecule has 4 aliphatic carbocycles. The molecular formula is C32H48O7S. The molecule has 1 aromatic rings. The van der Waals surface area contributed by atoms with Gasteiger partial charge in [-0.2, -0.15) is 8.42 Å². The number of esters is 1. The molecule has 0 amide bonds. The summed E-state index contributed by atoms with van der Waals surface area (Å²) < 4.78 is 36.6. The van der Waals surface area contributed by atoms with Crippen molar-refractivity contribution in [2.24, 2.45) is 46.3 Å². The van der Waals surface area contributed by atoms with Gasteiger partial charge in [0.2, 0.25) is 0 Å². The van der Waals surface area contributed by atoms with Crippen molar-refractivity contribution >= 4 is 16.1 Å². The van der Waals surface area contributed by atoms with Crippen molar-refractivity contribution in [2.75, 3.05) is 7.11 Å². The van der Waals surface area contributed by atoms with Crippen molar-refractivity contribution in [3.63, 3.8) is 0 Å². The molecule has 2 N–H and O–H groups in total. The Morgan fingerprint density at radius 2 is 1.75 bits per heavy atom. The molecule has 8 heteroatoms. The number of hydrogen-bond acceptors (Lipinski definition) is 7. The highest BCUT2D eigenvalue weighted by atomic mass is 32.2. The molecule has 0 aliphatic heterocycles. The minimum atomic E-state index is -3.86. The van der Waals surface area contributed by atoms with Crippen LogP contribution >= 0.6 is 0 Å². The Morgan fingerprint density at radius 3 is 2.42 bits per heavy atom. The summed E-state index contributed by atoms with van der Waals surface area (Å²) in [6.07, 6.45) is 5.18. The van der Waals surface area contributed by atoms with Crippen molar-refractivity contribution < 1.29 is 32.3 Å². The largest absolute Gasteiger partial charge is 0.469 e. The standard InChI is InChI=1S/C32H48O7S/c1-19-6-9-23(10-7-19)40(36,37)39-22-14-15-31(3)21(16-22)17-27(33)30-25-12-11-24(20(2)8-13-29(35)38-5)32(25,4)28(34)18-26(30)31/h6-7,9-10,20-22,24-28,30,33-34H,8,11-18H2,1-5H3/t20-,21+,22-,24-,25?,26?,27-,28+,30?,31?,32-/m1/s1. The molecule has 40 heavy (non-hydrogen) atoms. The van der Waals surface area contributed by atoms with Crippen LogP contribution in [0.1, 0.15) is 84.1 Å². The molecule has 4 aliphatic rings. The number of fused-ring (bicyclic) bond motifs is 5. The summed E-state index contributed by atoms with van der Waals surface area (Å²) in [6.45, 7) is 8.66. The normalized spacial score (nSPS) is 41.9. The summed E-state index contributed by atoms with van der Waals surface area (Å²) in [5.41, 5.74) is 0.630. The molecule has 5 rings (SSSR count). The van der Waals surface area contributed by atoms with Gasteiger partial charge in [-0.3, -0.25) is 8.98 Å². The van der Waals surface area contributed by atoms with Gasteiger partial charge >= 0.3 is 5.97 Å². The zero-order valence-electron chi connectivity index (χ0n) is 24.7. The fourth-order valence-corrected chi connectivity index (χ4v) is 10.9. The van der Waals surface area contributed by atoms with Crippen LogP contribution in [0, 0.1) is 53.3 Å². The van der Waals surface area contributed by atoms with E-state index in [-0.39, 0.29) is 51.3 Å². The highest BCUT2D eigenvalue weighted by molar-refractivity contribution is 7.86. The van der Waals surface area contributed by atoms with Gasteiger partial charge in [-0.05, 0) is 117 Å². The van der Waals surface area contributed by atoms with Gasteiger partial charge in [0, 0.05) is 6.42 Å². The summed E-state index contributed by atoms with van der Waals surface area (Å²) in [5, 5.41) is 23.4. The van der Waals surface area contributed by atoms with E-state index in [0.717, 1.165) is 31.2 Å². The minimum absolute atomic E-state index is 0.0751. The number of aryl methyl sites for hydroxylation is 1. The van der Waals surface area contributed by atoms with Gasteiger partial charge < -0.3 is 14.9 Å². The number of methoxy groups -OCH3 is 1. The smallest absolute Gasteiger partial charge is 0.305 e. The van der Waals surface area contributed by atoms with Crippen molar-refractivity contribution in [1.82, 2.24) is 0 Å². The topological polar surface area (TPSA) is 110 Å². The maximum Gasteiger partial charge on any atom is 0.305 e. The Hall–Kier alpha value is -1.48. The van der Waals surface area contributed by atoms with E-state index < -0.39 is 28.4 Å². The van der Waals surface area contributed by atoms with Gasteiger partial charge in [-0.1, -0.05) is 38.5 Å². The lowest BCUT2D eigenvalue weighted by molar-refractivity contribution is -0.206. The summed E-state index contributed by atoms with van der Waals surface area (Å²) >= 11 is 0. The third kappa shape index (κ3) is 5.05. The van der Waals surface area contributed by atoms with Crippen molar-refractivity contribution in [2.45, 2.75) is 109 Å². The summed E-state index contributed by atoms with van der Waals surface area (Å²) in [5.74, 6) is 1.08. The molecule has 11 atom stereocenters. The number of rotatable bonds is 7. The molecular weight excluding hydrogens is 528 g/mol. The number of carbonyl (C=O) groups is 1. The van der Waals surface area contributed by atoms with E-state index in [0.29, 0.717) is 38.0 Å². The summed E-state index contributed by atoms with van der Waals surface area (Å²) in [6, 6.07) is 6.75. The van der Waals surface area contributed by atoms with Gasteiger partial charge in [0.15, 0.2) is 0 Å². The van der Waals surface area contributed by atoms with Crippen LogP contribution in [-0.4, -0.2) is 50.0 Å². The maximum atomic E-state index is 13.0. The van der Waals surface area contributed by atoms with E-state index in [4.69, 9.17) is 8.92 Å². The SMILES string of the molecule is COC(=O)CC[C@@H](C)[C@H]1CCC2C3C(C[C@H](O)[C@@]21C)C1(C)CC[C@@H](OS(=O)(=O)c2ccc(C)cc2)C[C@H]1C[C@H]3O. The van der Waals surface area contributed by atoms with Crippen molar-refractivity contribution in [3.8, 4) is 0 Å². The van der Waals surface area contributed by atoms with Crippen LogP contribution in [0.25, 0.3) is 0 Å². The summed E-state index contributed by atoms with van der Waals surface area (Å²) in [4.78, 5) is 12.0. The fraction of sp³-hybridized carbons (Fsp3) is 0.781. The Balaban J connectivity index is 1.31. The van der Waals surface area contributed by atoms with Gasteiger partial charge in [0.25, 0.3) is 10.1 Å². The van der Waals surface area contributed by atoms with Gasteiger partial charge in [-0.15, -0.1) is 0 Å². The molecule has 4 unspecified atom stereocenters. The molecule has 0 spiro atoms. The number of hydrogen-bond donors (Lipinski definition) is 2. The Kier molecular flexibility index (Phi) is 8.23. The quantitative estimate of drug-likeness (QED) is 0.337. The number of benzene rings is 1. The highest BCUT2D eigenvalue weighted by Crippen LogP contribution is 2.68. The van der Waals surface area contributed by atoms with E-state index >= 15 is 0 Å². The number of ether oxygens (including phenoxy) is 1. The third-order valence-electron chi connectivity index (χ3n) is 12.1. The second-order valence-electron chi connectivity index (χ2n) is 13.9. The van der Waals surface area contributed by atoms with Crippen LogP contribution in [0.5, 0.6) is 0 Å². The number of aliphatic hydroxyl groups excluding tert-OH is 2. The Labute approximate surface area is 240 Å². The van der Waals surface area contributed by atoms with Crippen LogP contribution in [0.2, 0.25) is 0 Å². The Morgan fingerprint density at radius 1 is 1.05 bits per heavy atom. The monoisotopic (exact) mass is 576 g/mol. The fourth-order valence-electron chi connectivity index (χ4n) is 9.79. The second-order valence-corrected chi connectivity index (χ2v) is 15.5. The van der Waals surface area contributed by atoms with Crippen LogP contribution in [0.3, 0.4) is 0 Å². The van der Waals surface area contributed by atoms with Crippen molar-refractivity contribution in [1.29, 1.82) is 0 Å². The molecule has 0 heterocycles. The van der Waals surface area contributed by atoms with Crippen molar-refractivity contribution in [3.05, 3.63) is 29.8 Å². The van der Waals surface area contributed by atoms with E-state index in [1.54, 1.807) is 24.3 Å². The van der Waals surface area contributed by atoms with E-state index in [1.807, 2.05) is 6.92 Å². The molecule has 4 fully saturated rings. The maximum absolute atomic E-state index is 13.0. The number of carbonyl (C=O) groups excluding carboxylic acids is 1. The van der Waals surface area contributed by atoms with Gasteiger partial charge in [-0.25, -0.2) is 0 Å². The molecule has 1 aromatic carbocycles. The van der Waals surface area contributed by atoms with Gasteiger partial charge in [0.1, 0.15) is 0 Å². The first kappa shape index (κ1) is 30.0. The predicted octanol–water partition coefficient (Wildman–Crippen LogP) is 5.26. The Bertz CT molecular complexity index is 1180. The first-order valence-corrected chi connectivity index (χ1v) is 16.6. The van der Waals surface area contributed by atoms with Gasteiger partial charge in [0.05, 0.1) is 30.3 Å². The van der Waals surface area contributed by atoms with Crippen LogP contribution in [0.4, 0.5) is 0 Å². The molecule has 0 aromatic heterocycles. The van der Waals surface area contributed by atoms with E-state index in [9.17, 15) is 23.4 Å². The van der Waals surface area contributed by atoms with Crippen LogP contribution in [-0.2, 0) is 23.8 Å². The predicted molar refractivity (Wildman–Crippen MR) is 152 cm³/mol. The average Bonchev–Trinajstić information content (AvgIpc) is 3.27. The lowest BCUT2D eigenvalue weighted by Gasteiger charge is -2.63. The molecule has 7 nitrogen and oxygen atoms in total. The van der Waals surface area contributed by atoms with E-state index in [2.05, 4.69) is 20.8 Å². The molecule has 224 valence electrons. The first-order chi connectivity index (χ1) is 18.8. The first-order valence-electron chi connectivity index (χ1n) is 15.2. The lowest BCUT2D eigenvalue weighted by atomic mass is 9.43. The second kappa shape index (κ2) is 11.0. The highest BCUT2D eigenvalue weighted by Gasteiger charge is 2.65. The average molecular weight is 577 g/mol. The molecule has 0 bridgehead atoms. The summed E-state index contributed by atoms with van der Waals surface area (Å²) in [7, 11) is -2.44. The zero-order valence-corrected chi connectivity index (χ0v) is 25.5. The molecule has 0 radical (unpaired) electrons. The van der Waals surface area contributed by atoms with Crippen LogP contribution in [0.15, 0.2) is 29.2 Å².